The van der Waals surface area contributed by atoms with E-state index in [1.54, 1.807) is 0 Å². The molecule has 162 valence electrons. The maximum Gasteiger partial charge on any atom is 0.293 e. The highest BCUT2D eigenvalue weighted by Crippen LogP contribution is 2.26. The monoisotopic (exact) mass is 452 g/mol. The number of nitrogens with one attached hydrogen (secondary N) is 1. The van der Waals surface area contributed by atoms with Gasteiger partial charge in [-0.05, 0) is 34.6 Å². The molecule has 0 spiro atoms. The average Bonchev–Trinajstić information content (AvgIpc) is 3.40. The van der Waals surface area contributed by atoms with Gasteiger partial charge in [-0.1, -0.05) is 23.4 Å². The van der Waals surface area contributed by atoms with Crippen LogP contribution >= 0.6 is 11.8 Å². The Morgan fingerprint density at radius 3 is 2.75 bits per heavy atom. The molecule has 0 aliphatic heterocycles. The highest BCUT2D eigenvalue weighted by molar-refractivity contribution is 7.98. The predicted octanol–water partition coefficient (Wildman–Crippen LogP) is 1.70. The fraction of sp³-hybridized carbons (Fsp3) is 0.0526. The SMILES string of the molecule is Nc1nonc1-n1nnc(C(=O)N/N=C/c2ccc(O)cc2O)c1CSc1ccccc1. The highest BCUT2D eigenvalue weighted by atomic mass is 32.2. The van der Waals surface area contributed by atoms with Crippen molar-refractivity contribution in [2.75, 3.05) is 5.73 Å². The van der Waals surface area contributed by atoms with Crippen LogP contribution in [0, 0.1) is 0 Å². The first-order valence-electron chi connectivity index (χ1n) is 9.09. The average molecular weight is 452 g/mol. The molecule has 0 saturated carbocycles. The molecule has 12 nitrogen and oxygen atoms in total. The van der Waals surface area contributed by atoms with E-state index in [2.05, 4.69) is 35.8 Å². The Kier molecular flexibility index (Phi) is 5.98. The molecular weight excluding hydrogens is 436 g/mol. The summed E-state index contributed by atoms with van der Waals surface area (Å²) < 4.78 is 5.92. The minimum Gasteiger partial charge on any atom is -0.508 e. The van der Waals surface area contributed by atoms with Gasteiger partial charge in [-0.3, -0.25) is 4.79 Å². The van der Waals surface area contributed by atoms with Crippen LogP contribution in [0.5, 0.6) is 11.5 Å². The van der Waals surface area contributed by atoms with E-state index in [9.17, 15) is 15.0 Å². The second-order valence-corrected chi connectivity index (χ2v) is 7.36. The van der Waals surface area contributed by atoms with Gasteiger partial charge in [0.2, 0.25) is 11.6 Å². The van der Waals surface area contributed by atoms with Crippen LogP contribution in [0.25, 0.3) is 5.82 Å². The van der Waals surface area contributed by atoms with Crippen molar-refractivity contribution in [2.24, 2.45) is 5.10 Å². The van der Waals surface area contributed by atoms with Crippen molar-refractivity contribution >= 4 is 29.7 Å². The van der Waals surface area contributed by atoms with Crippen molar-refractivity contribution in [3.05, 3.63) is 65.5 Å². The highest BCUT2D eigenvalue weighted by Gasteiger charge is 2.24. The van der Waals surface area contributed by atoms with E-state index >= 15 is 0 Å². The predicted molar refractivity (Wildman–Crippen MR) is 114 cm³/mol. The molecule has 0 fully saturated rings. The largest absolute Gasteiger partial charge is 0.508 e. The Bertz CT molecular complexity index is 1270. The number of nitrogens with zero attached hydrogens (tertiary/aromatic N) is 6. The number of carbonyl (C=O) groups is 1. The third-order valence-corrected chi connectivity index (χ3v) is 5.20. The first-order valence-corrected chi connectivity index (χ1v) is 10.1. The van der Waals surface area contributed by atoms with Crippen LogP contribution in [-0.4, -0.2) is 47.6 Å². The van der Waals surface area contributed by atoms with Gasteiger partial charge >= 0.3 is 0 Å². The van der Waals surface area contributed by atoms with E-state index in [1.807, 2.05) is 30.3 Å². The van der Waals surface area contributed by atoms with Gasteiger partial charge in [-0.25, -0.2) is 10.1 Å². The molecule has 0 radical (unpaired) electrons. The van der Waals surface area contributed by atoms with Gasteiger partial charge in [0.15, 0.2) is 5.69 Å². The van der Waals surface area contributed by atoms with Crippen LogP contribution in [0.3, 0.4) is 0 Å². The maximum atomic E-state index is 12.7. The number of benzene rings is 2. The van der Waals surface area contributed by atoms with Crippen LogP contribution in [-0.2, 0) is 5.75 Å². The fourth-order valence-corrected chi connectivity index (χ4v) is 3.55. The number of nitrogen functional groups attached to an aromatic ring is 1. The van der Waals surface area contributed by atoms with Crippen LogP contribution in [0.15, 0.2) is 63.2 Å². The summed E-state index contributed by atoms with van der Waals surface area (Å²) in [6.07, 6.45) is 1.23. The number of amides is 1. The zero-order valence-corrected chi connectivity index (χ0v) is 17.1. The van der Waals surface area contributed by atoms with Gasteiger partial charge in [0.1, 0.15) is 11.5 Å². The summed E-state index contributed by atoms with van der Waals surface area (Å²) in [7, 11) is 0. The number of aromatic nitrogens is 5. The smallest absolute Gasteiger partial charge is 0.293 e. The second kappa shape index (κ2) is 9.18. The van der Waals surface area contributed by atoms with Crippen molar-refractivity contribution < 1.29 is 19.6 Å². The lowest BCUT2D eigenvalue weighted by atomic mass is 10.2. The molecule has 0 aliphatic rings. The number of hydrogen-bond acceptors (Lipinski definition) is 11. The molecule has 32 heavy (non-hydrogen) atoms. The molecule has 2 aromatic heterocycles. The van der Waals surface area contributed by atoms with Crippen molar-refractivity contribution in [2.45, 2.75) is 10.6 Å². The molecule has 13 heteroatoms. The summed E-state index contributed by atoms with van der Waals surface area (Å²) in [4.78, 5) is 13.7. The zero-order valence-electron chi connectivity index (χ0n) is 16.3. The first kappa shape index (κ1) is 20.9. The van der Waals surface area contributed by atoms with Crippen molar-refractivity contribution in [1.82, 2.24) is 30.7 Å². The first-order chi connectivity index (χ1) is 15.5. The van der Waals surface area contributed by atoms with Crippen molar-refractivity contribution in [3.8, 4) is 17.3 Å². The molecule has 0 aliphatic carbocycles. The van der Waals surface area contributed by atoms with E-state index < -0.39 is 5.91 Å². The Balaban J connectivity index is 1.58. The number of phenols is 2. The van der Waals surface area contributed by atoms with Gasteiger partial charge in [-0.15, -0.1) is 16.9 Å². The van der Waals surface area contributed by atoms with Gasteiger partial charge < -0.3 is 15.9 Å². The maximum absolute atomic E-state index is 12.7. The second-order valence-electron chi connectivity index (χ2n) is 6.31. The number of aromatic hydroxyl groups is 2. The minimum absolute atomic E-state index is 0.00269. The molecule has 4 rings (SSSR count). The van der Waals surface area contributed by atoms with Crippen LogP contribution in [0.4, 0.5) is 5.82 Å². The summed E-state index contributed by atoms with van der Waals surface area (Å²) in [5.41, 5.74) is 8.82. The molecular formula is C19H16N8O4S. The van der Waals surface area contributed by atoms with E-state index in [0.29, 0.717) is 17.0 Å². The minimum atomic E-state index is -0.635. The standard InChI is InChI=1S/C19H16N8O4S/c20-17-18(25-31-24-17)27-14(10-32-13-4-2-1-3-5-13)16(22-26-27)19(30)23-21-9-11-6-7-12(28)8-15(11)29/h1-9,28-29H,10H2,(H2,20,24)(H,23,30)/b21-9+. The number of phenolic OH excluding ortho intramolecular Hbond substituents is 2. The molecule has 2 heterocycles. The van der Waals surface area contributed by atoms with Crippen LogP contribution in [0.1, 0.15) is 21.7 Å². The number of anilines is 1. The third-order valence-electron chi connectivity index (χ3n) is 4.18. The Hall–Kier alpha value is -4.39. The number of hydrazone groups is 1. The Morgan fingerprint density at radius 1 is 1.22 bits per heavy atom. The lowest BCUT2D eigenvalue weighted by molar-refractivity contribution is 0.0949. The molecule has 1 amide bonds. The van der Waals surface area contributed by atoms with Gasteiger partial charge in [-0.2, -0.15) is 9.78 Å². The number of hydrogen-bond donors (Lipinski definition) is 4. The molecule has 0 atom stereocenters. The normalized spacial score (nSPS) is 11.1. The lowest BCUT2D eigenvalue weighted by Gasteiger charge is -2.06. The summed E-state index contributed by atoms with van der Waals surface area (Å²) in [5, 5.41) is 38.2. The van der Waals surface area contributed by atoms with Gasteiger partial charge in [0, 0.05) is 22.3 Å². The molecule has 0 saturated heterocycles. The summed E-state index contributed by atoms with van der Waals surface area (Å²) in [6, 6.07) is 13.5. The van der Waals surface area contributed by atoms with E-state index in [0.717, 1.165) is 11.0 Å². The molecule has 5 N–H and O–H groups in total. The molecule has 4 aromatic rings. The van der Waals surface area contributed by atoms with Gasteiger partial charge in [0.25, 0.3) is 5.91 Å². The zero-order chi connectivity index (χ0) is 22.5. The van der Waals surface area contributed by atoms with Crippen LogP contribution in [0.2, 0.25) is 0 Å². The lowest BCUT2D eigenvalue weighted by Crippen LogP contribution is -2.20. The Morgan fingerprint density at radius 2 is 2.03 bits per heavy atom. The topological polar surface area (TPSA) is 178 Å². The van der Waals surface area contributed by atoms with Gasteiger partial charge in [0.05, 0.1) is 11.9 Å². The number of rotatable bonds is 7. The van der Waals surface area contributed by atoms with Crippen LogP contribution < -0.4 is 11.2 Å². The number of thioether (sulfide) groups is 1. The summed E-state index contributed by atoms with van der Waals surface area (Å²) >= 11 is 1.46. The quantitative estimate of drug-likeness (QED) is 0.183. The van der Waals surface area contributed by atoms with E-state index in [1.165, 1.54) is 34.8 Å². The summed E-state index contributed by atoms with van der Waals surface area (Å²) in [5.74, 6) is -0.504. The van der Waals surface area contributed by atoms with E-state index in [-0.39, 0.29) is 28.8 Å². The number of carbonyl (C=O) groups excluding carboxylic acids is 1. The molecule has 0 bridgehead atoms. The van der Waals surface area contributed by atoms with Crippen molar-refractivity contribution in [1.29, 1.82) is 0 Å². The summed E-state index contributed by atoms with van der Waals surface area (Å²) in [6.45, 7) is 0. The van der Waals surface area contributed by atoms with E-state index in [4.69, 9.17) is 5.73 Å². The van der Waals surface area contributed by atoms with Crippen molar-refractivity contribution in [3.63, 3.8) is 0 Å². The Labute approximate surface area is 184 Å². The molecule has 0 unspecified atom stereocenters. The number of nitrogens with two attached hydrogens (primary N) is 1. The fourth-order valence-electron chi connectivity index (χ4n) is 2.64. The third kappa shape index (κ3) is 4.52. The molecule has 2 aromatic carbocycles.